The highest BCUT2D eigenvalue weighted by atomic mass is 35.5. The summed E-state index contributed by atoms with van der Waals surface area (Å²) in [5.74, 6) is -1.17. The number of nitrogens with zero attached hydrogens (tertiary/aromatic N) is 1. The van der Waals surface area contributed by atoms with Crippen LogP contribution in [-0.2, 0) is 11.8 Å². The predicted molar refractivity (Wildman–Crippen MR) is 55.1 cm³/mol. The van der Waals surface area contributed by atoms with Crippen LogP contribution in [0.15, 0.2) is 6.07 Å². The van der Waals surface area contributed by atoms with Crippen LogP contribution in [0.3, 0.4) is 0 Å². The van der Waals surface area contributed by atoms with E-state index in [-0.39, 0.29) is 11.3 Å². The number of hydrogen-bond acceptors (Lipinski definition) is 2. The number of alkyl halides is 3. The molecule has 1 aromatic rings. The molecule has 16 heavy (non-hydrogen) atoms. The minimum absolute atomic E-state index is 0.0350. The molecule has 0 atom stereocenters. The van der Waals surface area contributed by atoms with Crippen LogP contribution in [0.4, 0.5) is 8.78 Å². The van der Waals surface area contributed by atoms with Crippen molar-refractivity contribution in [3.05, 3.63) is 28.6 Å². The second-order valence-electron chi connectivity index (χ2n) is 3.28. The van der Waals surface area contributed by atoms with Crippen molar-refractivity contribution in [2.75, 3.05) is 0 Å². The summed E-state index contributed by atoms with van der Waals surface area (Å²) in [4.78, 5) is 14.4. The average Bonchev–Trinajstić information content (AvgIpc) is 2.14. The van der Waals surface area contributed by atoms with Gasteiger partial charge in [0.15, 0.2) is 0 Å². The molecule has 1 aromatic heterocycles. The van der Waals surface area contributed by atoms with Gasteiger partial charge in [-0.3, -0.25) is 0 Å². The maximum Gasteiger partial charge on any atom is 0.364 e. The Labute approximate surface area is 96.1 Å². The van der Waals surface area contributed by atoms with Gasteiger partial charge in [0.1, 0.15) is 5.69 Å². The maximum absolute atomic E-state index is 12.8. The molecule has 0 unspecified atom stereocenters. The van der Waals surface area contributed by atoms with Gasteiger partial charge in [-0.15, -0.1) is 0 Å². The fourth-order valence-corrected chi connectivity index (χ4v) is 1.55. The van der Waals surface area contributed by atoms with Crippen LogP contribution in [0.1, 0.15) is 34.2 Å². The highest BCUT2D eigenvalue weighted by molar-refractivity contribution is 6.21. The van der Waals surface area contributed by atoms with Crippen molar-refractivity contribution in [2.45, 2.75) is 25.7 Å². The fourth-order valence-electron chi connectivity index (χ4n) is 1.45. The molecule has 0 aliphatic carbocycles. The molecule has 0 saturated heterocycles. The lowest BCUT2D eigenvalue weighted by atomic mass is 10.0. The summed E-state index contributed by atoms with van der Waals surface area (Å²) in [5, 5.41) is 5.33. The van der Waals surface area contributed by atoms with Gasteiger partial charge in [-0.2, -0.15) is 8.78 Å². The summed E-state index contributed by atoms with van der Waals surface area (Å²) < 4.78 is 25.7. The Kier molecular flexibility index (Phi) is 3.48. The number of aryl methyl sites for hydroxylation is 2. The van der Waals surface area contributed by atoms with Gasteiger partial charge in [-0.05, 0) is 36.6 Å². The van der Waals surface area contributed by atoms with Crippen LogP contribution in [0.2, 0.25) is 0 Å². The highest BCUT2D eigenvalue weighted by Gasteiger charge is 2.31. The zero-order valence-electron chi connectivity index (χ0n) is 8.72. The average molecular weight is 250 g/mol. The first-order chi connectivity index (χ1) is 7.27. The predicted octanol–water partition coefficient (Wildman–Crippen LogP) is 2.94. The molecule has 0 spiro atoms. The minimum Gasteiger partial charge on any atom is -0.478 e. The number of carboxylic acids is 1. The fraction of sp³-hybridized carbons (Fsp3) is 0.400. The maximum atomic E-state index is 12.8. The standard InChI is InChI=1S/C10H10ClF2NO2/c1-3-6-4-7(10(11,12)13)14-5(2)8(6)9(15)16/h4H,3H2,1-2H3,(H,15,16). The molecule has 0 amide bonds. The van der Waals surface area contributed by atoms with E-state index in [1.165, 1.54) is 6.92 Å². The summed E-state index contributed by atoms with van der Waals surface area (Å²) in [7, 11) is 0. The Balaban J connectivity index is 3.44. The van der Waals surface area contributed by atoms with Crippen molar-refractivity contribution in [3.63, 3.8) is 0 Å². The van der Waals surface area contributed by atoms with Crippen LogP contribution in [-0.4, -0.2) is 16.1 Å². The van der Waals surface area contributed by atoms with Crippen molar-refractivity contribution >= 4 is 17.6 Å². The van der Waals surface area contributed by atoms with Gasteiger partial charge < -0.3 is 5.11 Å². The van der Waals surface area contributed by atoms with E-state index in [1.54, 1.807) is 6.92 Å². The van der Waals surface area contributed by atoms with Crippen LogP contribution >= 0.6 is 11.6 Å². The SMILES string of the molecule is CCc1cc(C(F)(F)Cl)nc(C)c1C(=O)O. The highest BCUT2D eigenvalue weighted by Crippen LogP contribution is 2.32. The molecule has 0 aliphatic heterocycles. The van der Waals surface area contributed by atoms with Crippen molar-refractivity contribution < 1.29 is 18.7 Å². The lowest BCUT2D eigenvalue weighted by Gasteiger charge is -2.12. The Morgan fingerprint density at radius 1 is 1.62 bits per heavy atom. The monoisotopic (exact) mass is 249 g/mol. The van der Waals surface area contributed by atoms with Gasteiger partial charge in [0.25, 0.3) is 0 Å². The van der Waals surface area contributed by atoms with E-state index in [2.05, 4.69) is 4.98 Å². The third-order valence-electron chi connectivity index (χ3n) is 2.17. The van der Waals surface area contributed by atoms with E-state index >= 15 is 0 Å². The molecule has 88 valence electrons. The minimum atomic E-state index is -3.58. The lowest BCUT2D eigenvalue weighted by Crippen LogP contribution is -2.13. The molecule has 0 aliphatic rings. The van der Waals surface area contributed by atoms with Gasteiger partial charge >= 0.3 is 11.4 Å². The molecule has 0 aromatic carbocycles. The molecular formula is C10H10ClF2NO2. The second kappa shape index (κ2) is 4.33. The summed E-state index contributed by atoms with van der Waals surface area (Å²) >= 11 is 4.85. The van der Waals surface area contributed by atoms with Crippen LogP contribution in [0, 0.1) is 6.92 Å². The lowest BCUT2D eigenvalue weighted by molar-refractivity contribution is 0.0690. The number of rotatable bonds is 3. The van der Waals surface area contributed by atoms with E-state index < -0.39 is 17.0 Å². The number of hydrogen-bond donors (Lipinski definition) is 1. The zero-order valence-corrected chi connectivity index (χ0v) is 9.48. The molecule has 3 nitrogen and oxygen atoms in total. The largest absolute Gasteiger partial charge is 0.478 e. The number of aromatic nitrogens is 1. The molecule has 1 N–H and O–H groups in total. The van der Waals surface area contributed by atoms with Gasteiger partial charge in [0, 0.05) is 0 Å². The van der Waals surface area contributed by atoms with Crippen molar-refractivity contribution in [2.24, 2.45) is 0 Å². The molecule has 6 heteroatoms. The van der Waals surface area contributed by atoms with E-state index in [1.807, 2.05) is 0 Å². The normalized spacial score (nSPS) is 11.6. The molecule has 0 fully saturated rings. The van der Waals surface area contributed by atoms with Crippen LogP contribution < -0.4 is 0 Å². The molecule has 1 heterocycles. The third kappa shape index (κ3) is 2.47. The number of pyridine rings is 1. The topological polar surface area (TPSA) is 50.2 Å². The summed E-state index contributed by atoms with van der Waals surface area (Å²) in [6, 6.07) is 1.03. The van der Waals surface area contributed by atoms with Gasteiger partial charge in [-0.1, -0.05) is 6.92 Å². The second-order valence-corrected chi connectivity index (χ2v) is 3.76. The molecule has 1 rings (SSSR count). The molecule has 0 radical (unpaired) electrons. The van der Waals surface area contributed by atoms with Crippen LogP contribution in [0.25, 0.3) is 0 Å². The number of carboxylic acid groups (broad SMARTS) is 1. The Hall–Kier alpha value is -1.23. The zero-order chi connectivity index (χ0) is 12.5. The number of carbonyl (C=O) groups is 1. The van der Waals surface area contributed by atoms with E-state index in [4.69, 9.17) is 16.7 Å². The quantitative estimate of drug-likeness (QED) is 0.838. The molecule has 0 bridgehead atoms. The number of halogens is 3. The van der Waals surface area contributed by atoms with E-state index in [0.29, 0.717) is 12.0 Å². The first-order valence-corrected chi connectivity index (χ1v) is 4.96. The Morgan fingerprint density at radius 2 is 2.19 bits per heavy atom. The number of aromatic carboxylic acids is 1. The Bertz CT molecular complexity index is 430. The summed E-state index contributed by atoms with van der Waals surface area (Å²) in [5.41, 5.74) is -0.307. The van der Waals surface area contributed by atoms with Gasteiger partial charge in [0.05, 0.1) is 11.3 Å². The van der Waals surface area contributed by atoms with Crippen molar-refractivity contribution in [1.29, 1.82) is 0 Å². The van der Waals surface area contributed by atoms with Gasteiger partial charge in [-0.25, -0.2) is 9.78 Å². The van der Waals surface area contributed by atoms with Crippen molar-refractivity contribution in [1.82, 2.24) is 4.98 Å². The van der Waals surface area contributed by atoms with Crippen molar-refractivity contribution in [3.8, 4) is 0 Å². The summed E-state index contributed by atoms with van der Waals surface area (Å²) in [6.45, 7) is 3.05. The first kappa shape index (κ1) is 12.8. The van der Waals surface area contributed by atoms with Gasteiger partial charge in [0.2, 0.25) is 0 Å². The smallest absolute Gasteiger partial charge is 0.364 e. The summed E-state index contributed by atoms with van der Waals surface area (Å²) in [6.07, 6.45) is 0.324. The first-order valence-electron chi connectivity index (χ1n) is 4.58. The molecular weight excluding hydrogens is 240 g/mol. The van der Waals surface area contributed by atoms with E-state index in [0.717, 1.165) is 6.07 Å². The Morgan fingerprint density at radius 3 is 2.56 bits per heavy atom. The van der Waals surface area contributed by atoms with E-state index in [9.17, 15) is 13.6 Å². The molecule has 0 saturated carbocycles. The van der Waals surface area contributed by atoms with Crippen LogP contribution in [0.5, 0.6) is 0 Å². The third-order valence-corrected chi connectivity index (χ3v) is 2.36.